The van der Waals surface area contributed by atoms with Gasteiger partial charge in [0.15, 0.2) is 23.6 Å². The number of imidazole rings is 1. The average Bonchev–Trinajstić information content (AvgIpc) is 3.33. The van der Waals surface area contributed by atoms with Gasteiger partial charge < -0.3 is 9.47 Å². The second-order valence-corrected chi connectivity index (χ2v) is 10.8. The first kappa shape index (κ1) is 29.4. The molecular weight excluding hydrogens is 571 g/mol. The van der Waals surface area contributed by atoms with Crippen molar-refractivity contribution in [3.8, 4) is 17.1 Å². The standard InChI is InChI=1S/C31H29ClF3N3O4/c1-18(30(40)41-3)42-22-11-12-27(25(35)15-22)37(19(2)39)31(13-5-4-6-14-31)38-28-17-24(34)23(33)16-26(28)36-29(38)20-7-9-21(32)10-8-20/h7-12,15-18H,4-6,13-14H2,1-3H3. The number of carbonyl (C=O) groups is 2. The van der Waals surface area contributed by atoms with Gasteiger partial charge in [0.25, 0.3) is 0 Å². The van der Waals surface area contributed by atoms with Crippen molar-refractivity contribution in [1.82, 2.24) is 9.55 Å². The zero-order chi connectivity index (χ0) is 30.2. The van der Waals surface area contributed by atoms with Gasteiger partial charge in [0.05, 0.1) is 23.8 Å². The number of esters is 1. The molecule has 0 saturated heterocycles. The van der Waals surface area contributed by atoms with Gasteiger partial charge in [-0.3, -0.25) is 14.3 Å². The fourth-order valence-corrected chi connectivity index (χ4v) is 5.93. The molecule has 1 heterocycles. The fraction of sp³-hybridized carbons (Fsp3) is 0.323. The molecule has 1 aromatic heterocycles. The van der Waals surface area contributed by atoms with Gasteiger partial charge >= 0.3 is 5.97 Å². The largest absolute Gasteiger partial charge is 0.479 e. The van der Waals surface area contributed by atoms with Gasteiger partial charge in [-0.05, 0) is 69.0 Å². The maximum Gasteiger partial charge on any atom is 0.346 e. The molecule has 0 aliphatic heterocycles. The zero-order valence-electron chi connectivity index (χ0n) is 23.3. The van der Waals surface area contributed by atoms with E-state index in [0.717, 1.165) is 24.6 Å². The van der Waals surface area contributed by atoms with E-state index in [1.54, 1.807) is 28.8 Å². The zero-order valence-corrected chi connectivity index (χ0v) is 24.1. The van der Waals surface area contributed by atoms with Gasteiger partial charge in [-0.25, -0.2) is 22.9 Å². The Kier molecular flexibility index (Phi) is 8.19. The molecule has 1 fully saturated rings. The van der Waals surface area contributed by atoms with Crippen LogP contribution in [0.5, 0.6) is 5.75 Å². The monoisotopic (exact) mass is 599 g/mol. The van der Waals surface area contributed by atoms with Crippen LogP contribution in [0.3, 0.4) is 0 Å². The number of anilines is 1. The minimum atomic E-state index is -1.22. The summed E-state index contributed by atoms with van der Waals surface area (Å²) in [5, 5.41) is 0.488. The molecule has 5 rings (SSSR count). The highest BCUT2D eigenvalue weighted by Crippen LogP contribution is 2.46. The van der Waals surface area contributed by atoms with E-state index in [1.165, 1.54) is 38.0 Å². The van der Waals surface area contributed by atoms with Crippen molar-refractivity contribution in [1.29, 1.82) is 0 Å². The summed E-state index contributed by atoms with van der Waals surface area (Å²) in [7, 11) is 1.22. The van der Waals surface area contributed by atoms with E-state index in [1.807, 2.05) is 0 Å². The van der Waals surface area contributed by atoms with Gasteiger partial charge in [-0.2, -0.15) is 0 Å². The lowest BCUT2D eigenvalue weighted by atomic mass is 9.85. The van der Waals surface area contributed by atoms with Gasteiger partial charge in [0.2, 0.25) is 5.91 Å². The van der Waals surface area contributed by atoms with E-state index in [0.29, 0.717) is 42.1 Å². The van der Waals surface area contributed by atoms with Crippen molar-refractivity contribution < 1.29 is 32.2 Å². The van der Waals surface area contributed by atoms with Crippen LogP contribution in [0.2, 0.25) is 5.02 Å². The van der Waals surface area contributed by atoms with Crippen molar-refractivity contribution in [2.24, 2.45) is 0 Å². The van der Waals surface area contributed by atoms with Crippen LogP contribution < -0.4 is 9.64 Å². The predicted molar refractivity (Wildman–Crippen MR) is 153 cm³/mol. The third kappa shape index (κ3) is 5.31. The highest BCUT2D eigenvalue weighted by atomic mass is 35.5. The number of methoxy groups -OCH3 is 1. The maximum absolute atomic E-state index is 15.9. The molecule has 11 heteroatoms. The average molecular weight is 600 g/mol. The molecule has 42 heavy (non-hydrogen) atoms. The highest BCUT2D eigenvalue weighted by molar-refractivity contribution is 6.30. The van der Waals surface area contributed by atoms with Crippen LogP contribution >= 0.6 is 11.6 Å². The van der Waals surface area contributed by atoms with Crippen LogP contribution in [0.1, 0.15) is 46.0 Å². The molecule has 3 aromatic carbocycles. The number of benzene rings is 3. The number of hydrogen-bond acceptors (Lipinski definition) is 5. The van der Waals surface area contributed by atoms with Crippen molar-refractivity contribution in [3.63, 3.8) is 0 Å². The van der Waals surface area contributed by atoms with Gasteiger partial charge in [-0.15, -0.1) is 0 Å². The summed E-state index contributed by atoms with van der Waals surface area (Å²) in [4.78, 5) is 31.4. The second kappa shape index (κ2) is 11.7. The van der Waals surface area contributed by atoms with Crippen LogP contribution in [0.25, 0.3) is 22.4 Å². The van der Waals surface area contributed by atoms with E-state index >= 15 is 4.39 Å². The summed E-state index contributed by atoms with van der Waals surface area (Å²) in [5.74, 6) is -3.55. The minimum absolute atomic E-state index is 0.0334. The summed E-state index contributed by atoms with van der Waals surface area (Å²) in [6.45, 7) is 2.81. The Labute approximate surface area is 245 Å². The molecule has 1 aliphatic rings. The number of hydrogen-bond donors (Lipinski definition) is 0. The number of halogens is 4. The molecule has 0 radical (unpaired) electrons. The Bertz CT molecular complexity index is 1650. The van der Waals surface area contributed by atoms with E-state index < -0.39 is 41.1 Å². The predicted octanol–water partition coefficient (Wildman–Crippen LogP) is 7.38. The van der Waals surface area contributed by atoms with Gasteiger partial charge in [0, 0.05) is 35.7 Å². The quantitative estimate of drug-likeness (QED) is 0.207. The number of rotatable bonds is 7. The van der Waals surface area contributed by atoms with Crippen molar-refractivity contribution >= 4 is 40.2 Å². The topological polar surface area (TPSA) is 73.7 Å². The summed E-state index contributed by atoms with van der Waals surface area (Å²) >= 11 is 6.14. The molecule has 1 amide bonds. The lowest BCUT2D eigenvalue weighted by Crippen LogP contribution is -2.55. The van der Waals surface area contributed by atoms with Gasteiger partial charge in [-0.1, -0.05) is 18.0 Å². The number of fused-ring (bicyclic) bond motifs is 1. The Hall–Kier alpha value is -4.05. The lowest BCUT2D eigenvalue weighted by molar-refractivity contribution is -0.147. The summed E-state index contributed by atoms with van der Waals surface area (Å²) in [6.07, 6.45) is 2.06. The fourth-order valence-electron chi connectivity index (χ4n) is 5.80. The Balaban J connectivity index is 1.74. The Morgan fingerprint density at radius 3 is 2.26 bits per heavy atom. The number of ether oxygens (including phenoxy) is 2. The SMILES string of the molecule is COC(=O)C(C)Oc1ccc(N(C(C)=O)C2(n3c(-c4ccc(Cl)cc4)nc4cc(F)c(F)cc43)CCCCC2)c(F)c1. The van der Waals surface area contributed by atoms with E-state index in [9.17, 15) is 18.4 Å². The third-order valence-corrected chi connectivity index (χ3v) is 7.86. The molecule has 0 bridgehead atoms. The van der Waals surface area contributed by atoms with E-state index in [-0.39, 0.29) is 22.5 Å². The Morgan fingerprint density at radius 1 is 0.976 bits per heavy atom. The number of aromatic nitrogens is 2. The minimum Gasteiger partial charge on any atom is -0.479 e. The molecule has 1 unspecified atom stereocenters. The van der Waals surface area contributed by atoms with Crippen LogP contribution in [0, 0.1) is 17.5 Å². The molecule has 220 valence electrons. The summed E-state index contributed by atoms with van der Waals surface area (Å²) in [5.41, 5.74) is -0.201. The smallest absolute Gasteiger partial charge is 0.346 e. The molecule has 1 atom stereocenters. The van der Waals surface area contributed by atoms with Crippen LogP contribution in [-0.2, 0) is 20.0 Å². The molecule has 1 aliphatic carbocycles. The first-order chi connectivity index (χ1) is 20.1. The number of carbonyl (C=O) groups excluding carboxylic acids is 2. The van der Waals surface area contributed by atoms with Crippen molar-refractivity contribution in [2.45, 2.75) is 57.7 Å². The summed E-state index contributed by atoms with van der Waals surface area (Å²) in [6, 6.07) is 12.9. The van der Waals surface area contributed by atoms with Crippen LogP contribution in [0.4, 0.5) is 18.9 Å². The number of nitrogens with zero attached hydrogens (tertiary/aromatic N) is 3. The molecule has 7 nitrogen and oxygen atoms in total. The maximum atomic E-state index is 15.9. The second-order valence-electron chi connectivity index (χ2n) is 10.3. The normalized spacial score (nSPS) is 15.3. The van der Waals surface area contributed by atoms with Crippen molar-refractivity contribution in [2.75, 3.05) is 12.0 Å². The summed E-state index contributed by atoms with van der Waals surface area (Å²) < 4.78 is 57.0. The van der Waals surface area contributed by atoms with E-state index in [2.05, 4.69) is 9.72 Å². The first-order valence-electron chi connectivity index (χ1n) is 13.5. The Morgan fingerprint density at radius 2 is 1.64 bits per heavy atom. The van der Waals surface area contributed by atoms with Crippen molar-refractivity contribution in [3.05, 3.63) is 77.1 Å². The molecular formula is C31H29ClF3N3O4. The number of amides is 1. The van der Waals surface area contributed by atoms with Crippen LogP contribution in [0.15, 0.2) is 54.6 Å². The highest BCUT2D eigenvalue weighted by Gasteiger charge is 2.45. The molecule has 1 saturated carbocycles. The molecule has 4 aromatic rings. The van der Waals surface area contributed by atoms with Gasteiger partial charge in [0.1, 0.15) is 17.2 Å². The lowest BCUT2D eigenvalue weighted by Gasteiger charge is -2.48. The van der Waals surface area contributed by atoms with Crippen LogP contribution in [-0.4, -0.2) is 34.6 Å². The molecule has 0 N–H and O–H groups in total. The third-order valence-electron chi connectivity index (χ3n) is 7.61. The first-order valence-corrected chi connectivity index (χ1v) is 13.9. The van der Waals surface area contributed by atoms with E-state index in [4.69, 9.17) is 16.3 Å². The molecule has 0 spiro atoms.